The Morgan fingerprint density at radius 1 is 1.44 bits per heavy atom. The van der Waals surface area contributed by atoms with Crippen LogP contribution in [0.15, 0.2) is 12.1 Å². The first-order valence-corrected chi connectivity index (χ1v) is 5.35. The van der Waals surface area contributed by atoms with Crippen LogP contribution >= 0.6 is 0 Å². The number of hydrogen-bond donors (Lipinski definition) is 2. The highest BCUT2D eigenvalue weighted by atomic mass is 16.5. The zero-order chi connectivity index (χ0) is 13.3. The summed E-state index contributed by atoms with van der Waals surface area (Å²) >= 11 is 0. The summed E-state index contributed by atoms with van der Waals surface area (Å²) in [6, 6.07) is 2.18. The maximum Gasteiger partial charge on any atom is 0.328 e. The van der Waals surface area contributed by atoms with Gasteiger partial charge in [-0.05, 0) is 17.7 Å². The Balaban J connectivity index is 2.40. The molecule has 0 aromatic heterocycles. The van der Waals surface area contributed by atoms with E-state index in [0.717, 1.165) is 0 Å². The second-order valence-corrected chi connectivity index (χ2v) is 3.93. The van der Waals surface area contributed by atoms with E-state index in [1.807, 2.05) is 0 Å². The van der Waals surface area contributed by atoms with Crippen LogP contribution in [0.4, 0.5) is 0 Å². The number of carbonyl (C=O) groups excluding carboxylic acids is 2. The Labute approximate surface area is 104 Å². The van der Waals surface area contributed by atoms with Gasteiger partial charge in [-0.1, -0.05) is 0 Å². The van der Waals surface area contributed by atoms with Crippen LogP contribution in [0, 0.1) is 0 Å². The third kappa shape index (κ3) is 1.97. The van der Waals surface area contributed by atoms with Gasteiger partial charge in [0.1, 0.15) is 6.04 Å². The second-order valence-electron chi connectivity index (χ2n) is 3.93. The van der Waals surface area contributed by atoms with Gasteiger partial charge < -0.3 is 19.9 Å². The number of nitrogens with one attached hydrogen (secondary N) is 1. The summed E-state index contributed by atoms with van der Waals surface area (Å²) in [7, 11) is 2.68. The zero-order valence-corrected chi connectivity index (χ0v) is 10.0. The molecule has 0 aliphatic carbocycles. The van der Waals surface area contributed by atoms with Crippen molar-refractivity contribution >= 4 is 11.9 Å². The van der Waals surface area contributed by atoms with Gasteiger partial charge in [0.05, 0.1) is 14.2 Å². The van der Waals surface area contributed by atoms with Gasteiger partial charge in [-0.3, -0.25) is 4.79 Å². The van der Waals surface area contributed by atoms with Gasteiger partial charge >= 0.3 is 5.97 Å². The number of aromatic hydroxyl groups is 1. The number of fused-ring (bicyclic) bond motifs is 1. The lowest BCUT2D eigenvalue weighted by Crippen LogP contribution is -2.46. The van der Waals surface area contributed by atoms with Crippen molar-refractivity contribution in [2.24, 2.45) is 0 Å². The topological polar surface area (TPSA) is 84.9 Å². The van der Waals surface area contributed by atoms with E-state index in [1.165, 1.54) is 20.3 Å². The van der Waals surface area contributed by atoms with E-state index in [9.17, 15) is 14.7 Å². The lowest BCUT2D eigenvalue weighted by atomic mass is 9.94. The second kappa shape index (κ2) is 4.56. The van der Waals surface area contributed by atoms with E-state index < -0.39 is 17.9 Å². The quantitative estimate of drug-likeness (QED) is 0.735. The van der Waals surface area contributed by atoms with Gasteiger partial charge in [0.2, 0.25) is 0 Å². The van der Waals surface area contributed by atoms with Gasteiger partial charge in [-0.25, -0.2) is 4.79 Å². The van der Waals surface area contributed by atoms with Crippen LogP contribution in [0.2, 0.25) is 0 Å². The normalized spacial score (nSPS) is 17.7. The van der Waals surface area contributed by atoms with Crippen LogP contribution in [-0.4, -0.2) is 37.2 Å². The van der Waals surface area contributed by atoms with Crippen molar-refractivity contribution in [2.75, 3.05) is 14.2 Å². The number of methoxy groups -OCH3 is 2. The van der Waals surface area contributed by atoms with Crippen molar-refractivity contribution in [2.45, 2.75) is 12.5 Å². The number of carbonyl (C=O) groups is 2. The zero-order valence-electron chi connectivity index (χ0n) is 10.0. The average molecular weight is 251 g/mol. The Hall–Kier alpha value is -2.24. The number of amides is 1. The minimum atomic E-state index is -0.704. The SMILES string of the molecule is COC(=O)[C@@H]1Cc2cc(OC)c(O)cc2C(=O)N1. The van der Waals surface area contributed by atoms with E-state index in [-0.39, 0.29) is 11.5 Å². The highest BCUT2D eigenvalue weighted by Gasteiger charge is 2.30. The minimum Gasteiger partial charge on any atom is -0.504 e. The molecule has 0 spiro atoms. The standard InChI is InChI=1S/C12H13NO5/c1-17-10-4-6-3-8(12(16)18-2)13-11(15)7(6)5-9(10)14/h4-5,8,14H,3H2,1-2H3,(H,13,15)/t8-/m0/s1. The number of hydrogen-bond acceptors (Lipinski definition) is 5. The molecule has 0 bridgehead atoms. The molecule has 1 amide bonds. The summed E-state index contributed by atoms with van der Waals surface area (Å²) in [6.07, 6.45) is 0.310. The van der Waals surface area contributed by atoms with E-state index >= 15 is 0 Å². The fraction of sp³-hybridized carbons (Fsp3) is 0.333. The first-order chi connectivity index (χ1) is 8.56. The third-order valence-electron chi connectivity index (χ3n) is 2.86. The van der Waals surface area contributed by atoms with Gasteiger partial charge in [0, 0.05) is 12.0 Å². The van der Waals surface area contributed by atoms with Gasteiger partial charge in [0.15, 0.2) is 11.5 Å². The summed E-state index contributed by atoms with van der Waals surface area (Å²) in [4.78, 5) is 23.2. The summed E-state index contributed by atoms with van der Waals surface area (Å²) < 4.78 is 9.57. The Morgan fingerprint density at radius 3 is 2.78 bits per heavy atom. The number of benzene rings is 1. The summed E-state index contributed by atoms with van der Waals surface area (Å²) in [5, 5.41) is 12.1. The van der Waals surface area contributed by atoms with Gasteiger partial charge in [-0.2, -0.15) is 0 Å². The average Bonchev–Trinajstić information content (AvgIpc) is 2.37. The molecule has 6 heteroatoms. The number of phenols is 1. The molecule has 0 unspecified atom stereocenters. The van der Waals surface area contributed by atoms with Crippen LogP contribution in [-0.2, 0) is 16.0 Å². The molecule has 1 aliphatic rings. The van der Waals surface area contributed by atoms with Crippen molar-refractivity contribution in [3.8, 4) is 11.5 Å². The first kappa shape index (κ1) is 12.2. The smallest absolute Gasteiger partial charge is 0.328 e. The molecule has 1 aliphatic heterocycles. The van der Waals surface area contributed by atoms with Crippen molar-refractivity contribution in [1.82, 2.24) is 5.32 Å². The predicted molar refractivity (Wildman–Crippen MR) is 61.6 cm³/mol. The lowest BCUT2D eigenvalue weighted by molar-refractivity contribution is -0.142. The molecular weight excluding hydrogens is 238 g/mol. The largest absolute Gasteiger partial charge is 0.504 e. The molecule has 0 saturated carbocycles. The molecule has 18 heavy (non-hydrogen) atoms. The van der Waals surface area contributed by atoms with Gasteiger partial charge in [-0.15, -0.1) is 0 Å². The van der Waals surface area contributed by atoms with Crippen LogP contribution in [0.1, 0.15) is 15.9 Å². The minimum absolute atomic E-state index is 0.108. The highest BCUT2D eigenvalue weighted by Crippen LogP contribution is 2.31. The van der Waals surface area contributed by atoms with Crippen molar-refractivity contribution in [3.05, 3.63) is 23.3 Å². The Morgan fingerprint density at radius 2 is 2.17 bits per heavy atom. The van der Waals surface area contributed by atoms with Crippen molar-refractivity contribution < 1.29 is 24.2 Å². The van der Waals surface area contributed by atoms with E-state index in [2.05, 4.69) is 10.1 Å². The summed E-state index contributed by atoms with van der Waals surface area (Å²) in [5.74, 6) is -0.749. The molecule has 0 fully saturated rings. The van der Waals surface area contributed by atoms with Crippen molar-refractivity contribution in [3.63, 3.8) is 0 Å². The maximum atomic E-state index is 11.8. The molecule has 1 aromatic rings. The van der Waals surface area contributed by atoms with Crippen LogP contribution < -0.4 is 10.1 Å². The molecule has 1 atom stereocenters. The number of esters is 1. The number of ether oxygens (including phenoxy) is 2. The fourth-order valence-corrected chi connectivity index (χ4v) is 1.95. The monoisotopic (exact) mass is 251 g/mol. The summed E-state index contributed by atoms with van der Waals surface area (Å²) in [6.45, 7) is 0. The molecule has 2 N–H and O–H groups in total. The molecule has 1 heterocycles. The Kier molecular flexibility index (Phi) is 3.10. The number of phenolic OH excluding ortho intramolecular Hbond substituents is 1. The van der Waals surface area contributed by atoms with Crippen LogP contribution in [0.25, 0.3) is 0 Å². The lowest BCUT2D eigenvalue weighted by Gasteiger charge is -2.24. The highest BCUT2D eigenvalue weighted by molar-refractivity contribution is 6.00. The molecule has 1 aromatic carbocycles. The van der Waals surface area contributed by atoms with Crippen molar-refractivity contribution in [1.29, 1.82) is 0 Å². The summed E-state index contributed by atoms with van der Waals surface area (Å²) in [5.41, 5.74) is 0.984. The molecule has 96 valence electrons. The predicted octanol–water partition coefficient (Wildman–Crippen LogP) is 0.228. The van der Waals surface area contributed by atoms with E-state index in [0.29, 0.717) is 17.5 Å². The van der Waals surface area contributed by atoms with Crippen LogP contribution in [0.3, 0.4) is 0 Å². The molecule has 2 rings (SSSR count). The maximum absolute atomic E-state index is 11.8. The Bertz CT molecular complexity index is 511. The first-order valence-electron chi connectivity index (χ1n) is 5.35. The third-order valence-corrected chi connectivity index (χ3v) is 2.86. The molecule has 0 saturated heterocycles. The van der Waals surface area contributed by atoms with Crippen LogP contribution in [0.5, 0.6) is 11.5 Å². The molecule has 6 nitrogen and oxygen atoms in total. The fourth-order valence-electron chi connectivity index (χ4n) is 1.95. The molecule has 0 radical (unpaired) electrons. The van der Waals surface area contributed by atoms with Gasteiger partial charge in [0.25, 0.3) is 5.91 Å². The van der Waals surface area contributed by atoms with E-state index in [1.54, 1.807) is 6.07 Å². The van der Waals surface area contributed by atoms with E-state index in [4.69, 9.17) is 4.74 Å². The number of rotatable bonds is 2. The molecular formula is C12H13NO5.